The lowest BCUT2D eigenvalue weighted by Gasteiger charge is -2.20. The molecule has 24 heavy (non-hydrogen) atoms. The normalized spacial score (nSPS) is 11.6. The van der Waals surface area contributed by atoms with E-state index in [1.54, 1.807) is 26.0 Å². The van der Waals surface area contributed by atoms with Crippen molar-refractivity contribution in [2.75, 3.05) is 20.5 Å². The smallest absolute Gasteiger partial charge is 0.316 e. The van der Waals surface area contributed by atoms with Crippen molar-refractivity contribution in [1.29, 1.82) is 0 Å². The van der Waals surface area contributed by atoms with Gasteiger partial charge in [-0.25, -0.2) is 0 Å². The van der Waals surface area contributed by atoms with Gasteiger partial charge in [0, 0.05) is 0 Å². The SMILES string of the molecule is COc1cc(CCC/C=C/SC)cc(OC)c1OC(=O)C(C)(C)C. The van der Waals surface area contributed by atoms with Crippen LogP contribution in [-0.4, -0.2) is 26.4 Å². The van der Waals surface area contributed by atoms with Gasteiger partial charge < -0.3 is 14.2 Å². The molecule has 0 aliphatic rings. The van der Waals surface area contributed by atoms with Crippen LogP contribution in [0.5, 0.6) is 17.2 Å². The van der Waals surface area contributed by atoms with Gasteiger partial charge in [0.2, 0.25) is 5.75 Å². The molecule has 0 spiro atoms. The van der Waals surface area contributed by atoms with E-state index >= 15 is 0 Å². The van der Waals surface area contributed by atoms with Crippen molar-refractivity contribution in [2.24, 2.45) is 5.41 Å². The first-order valence-electron chi connectivity index (χ1n) is 7.98. The van der Waals surface area contributed by atoms with Gasteiger partial charge in [-0.05, 0) is 69.4 Å². The minimum atomic E-state index is -0.599. The molecule has 0 aliphatic heterocycles. The van der Waals surface area contributed by atoms with Crippen molar-refractivity contribution in [3.63, 3.8) is 0 Å². The van der Waals surface area contributed by atoms with Gasteiger partial charge in [0.05, 0.1) is 19.6 Å². The summed E-state index contributed by atoms with van der Waals surface area (Å²) in [6, 6.07) is 3.82. The largest absolute Gasteiger partial charge is 0.493 e. The second kappa shape index (κ2) is 9.62. The zero-order valence-corrected chi connectivity index (χ0v) is 16.3. The lowest BCUT2D eigenvalue weighted by molar-refractivity contribution is -0.143. The quantitative estimate of drug-likeness (QED) is 0.380. The lowest BCUT2D eigenvalue weighted by atomic mass is 9.97. The topological polar surface area (TPSA) is 44.8 Å². The van der Waals surface area contributed by atoms with Gasteiger partial charge in [-0.3, -0.25) is 4.79 Å². The Labute approximate surface area is 149 Å². The summed E-state index contributed by atoms with van der Waals surface area (Å²) in [7, 11) is 3.13. The molecule has 4 nitrogen and oxygen atoms in total. The number of unbranched alkanes of at least 4 members (excludes halogenated alkanes) is 1. The van der Waals surface area contributed by atoms with Crippen molar-refractivity contribution in [1.82, 2.24) is 0 Å². The molecule has 0 atom stereocenters. The third-order valence-corrected chi connectivity index (χ3v) is 3.86. The molecule has 1 aromatic rings. The number of hydrogen-bond donors (Lipinski definition) is 0. The number of thioether (sulfide) groups is 1. The molecule has 0 amide bonds. The molecule has 0 radical (unpaired) electrons. The maximum atomic E-state index is 12.2. The van der Waals surface area contributed by atoms with Crippen molar-refractivity contribution in [2.45, 2.75) is 40.0 Å². The number of rotatable bonds is 8. The third-order valence-electron chi connectivity index (χ3n) is 3.40. The number of ether oxygens (including phenoxy) is 3. The van der Waals surface area contributed by atoms with E-state index in [2.05, 4.69) is 11.5 Å². The van der Waals surface area contributed by atoms with Crippen molar-refractivity contribution in [3.05, 3.63) is 29.2 Å². The Bertz CT molecular complexity index is 548. The van der Waals surface area contributed by atoms with Crippen LogP contribution in [0.25, 0.3) is 0 Å². The molecular weight excluding hydrogens is 324 g/mol. The highest BCUT2D eigenvalue weighted by molar-refractivity contribution is 8.01. The van der Waals surface area contributed by atoms with Gasteiger partial charge in [-0.15, -0.1) is 11.8 Å². The molecule has 0 N–H and O–H groups in total. The van der Waals surface area contributed by atoms with Gasteiger partial charge in [0.1, 0.15) is 0 Å². The van der Waals surface area contributed by atoms with Crippen LogP contribution < -0.4 is 14.2 Å². The Morgan fingerprint density at radius 3 is 2.21 bits per heavy atom. The molecule has 0 fully saturated rings. The van der Waals surface area contributed by atoms with Crippen LogP contribution in [0.4, 0.5) is 0 Å². The van der Waals surface area contributed by atoms with E-state index in [9.17, 15) is 4.79 Å². The fraction of sp³-hybridized carbons (Fsp3) is 0.526. The predicted molar refractivity (Wildman–Crippen MR) is 100 cm³/mol. The number of carbonyl (C=O) groups excluding carboxylic acids is 1. The molecule has 0 saturated heterocycles. The minimum absolute atomic E-state index is 0.325. The lowest BCUT2D eigenvalue weighted by Crippen LogP contribution is -2.26. The zero-order valence-electron chi connectivity index (χ0n) is 15.5. The second-order valence-electron chi connectivity index (χ2n) is 6.47. The maximum absolute atomic E-state index is 12.2. The van der Waals surface area contributed by atoms with Gasteiger partial charge in [-0.1, -0.05) is 6.08 Å². The summed E-state index contributed by atoms with van der Waals surface area (Å²) in [5, 5.41) is 2.09. The first-order valence-corrected chi connectivity index (χ1v) is 9.27. The molecule has 1 rings (SSSR count). The number of hydrogen-bond acceptors (Lipinski definition) is 5. The third kappa shape index (κ3) is 6.11. The highest BCUT2D eigenvalue weighted by atomic mass is 32.2. The number of allylic oxidation sites excluding steroid dienone is 1. The summed E-state index contributed by atoms with van der Waals surface area (Å²) < 4.78 is 16.4. The molecule has 134 valence electrons. The maximum Gasteiger partial charge on any atom is 0.316 e. The Hall–Kier alpha value is -1.62. The number of esters is 1. The fourth-order valence-corrected chi connectivity index (χ4v) is 2.34. The van der Waals surface area contributed by atoms with E-state index in [1.165, 1.54) is 0 Å². The van der Waals surface area contributed by atoms with Gasteiger partial charge in [0.15, 0.2) is 11.5 Å². The van der Waals surface area contributed by atoms with Crippen molar-refractivity contribution >= 4 is 17.7 Å². The second-order valence-corrected chi connectivity index (χ2v) is 7.21. The summed E-state index contributed by atoms with van der Waals surface area (Å²) in [6.07, 6.45) is 7.16. The number of carbonyl (C=O) groups is 1. The molecule has 1 aromatic carbocycles. The standard InChI is InChI=1S/C19H28O4S/c1-19(2,3)18(20)23-17-15(21-4)12-14(13-16(17)22-5)10-8-7-9-11-24-6/h9,11-13H,7-8,10H2,1-6H3/b11-9+. The first-order chi connectivity index (χ1) is 11.3. The minimum Gasteiger partial charge on any atom is -0.493 e. The summed E-state index contributed by atoms with van der Waals surface area (Å²) in [5.41, 5.74) is 0.495. The fourth-order valence-electron chi connectivity index (χ4n) is 2.01. The Morgan fingerprint density at radius 1 is 1.17 bits per heavy atom. The molecule has 0 aliphatic carbocycles. The summed E-state index contributed by atoms with van der Waals surface area (Å²) in [4.78, 5) is 12.2. The van der Waals surface area contributed by atoms with Gasteiger partial charge >= 0.3 is 5.97 Å². The van der Waals surface area contributed by atoms with Crippen LogP contribution in [0.15, 0.2) is 23.6 Å². The molecule has 0 heterocycles. The van der Waals surface area contributed by atoms with E-state index in [4.69, 9.17) is 14.2 Å². The van der Waals surface area contributed by atoms with Gasteiger partial charge in [-0.2, -0.15) is 0 Å². The van der Waals surface area contributed by atoms with E-state index < -0.39 is 5.41 Å². The monoisotopic (exact) mass is 352 g/mol. The van der Waals surface area contributed by atoms with E-state index in [0.29, 0.717) is 17.2 Å². The molecular formula is C19H28O4S. The summed E-state index contributed by atoms with van der Waals surface area (Å²) in [5.74, 6) is 1.04. The molecule has 0 bridgehead atoms. The summed E-state index contributed by atoms with van der Waals surface area (Å²) in [6.45, 7) is 5.43. The van der Waals surface area contributed by atoms with E-state index in [-0.39, 0.29) is 5.97 Å². The highest BCUT2D eigenvalue weighted by Crippen LogP contribution is 2.40. The van der Waals surface area contributed by atoms with E-state index in [1.807, 2.05) is 39.2 Å². The van der Waals surface area contributed by atoms with Gasteiger partial charge in [0.25, 0.3) is 0 Å². The van der Waals surface area contributed by atoms with Crippen LogP contribution in [-0.2, 0) is 11.2 Å². The summed E-state index contributed by atoms with van der Waals surface area (Å²) >= 11 is 1.70. The number of methoxy groups -OCH3 is 2. The highest BCUT2D eigenvalue weighted by Gasteiger charge is 2.27. The van der Waals surface area contributed by atoms with Crippen LogP contribution in [0.3, 0.4) is 0 Å². The number of aryl methyl sites for hydroxylation is 1. The first kappa shape index (κ1) is 20.4. The predicted octanol–water partition coefficient (Wildman–Crippen LogP) is 4.85. The Balaban J connectivity index is 2.97. The average molecular weight is 352 g/mol. The number of benzene rings is 1. The van der Waals surface area contributed by atoms with E-state index in [0.717, 1.165) is 24.8 Å². The molecule has 5 heteroatoms. The average Bonchev–Trinajstić information content (AvgIpc) is 2.54. The Kier molecular flexibility index (Phi) is 8.19. The molecule has 0 saturated carbocycles. The molecule has 0 unspecified atom stereocenters. The van der Waals surface area contributed by atoms with Crippen LogP contribution in [0.2, 0.25) is 0 Å². The zero-order chi connectivity index (χ0) is 18.2. The van der Waals surface area contributed by atoms with Crippen LogP contribution >= 0.6 is 11.8 Å². The van der Waals surface area contributed by atoms with Crippen LogP contribution in [0.1, 0.15) is 39.2 Å². The Morgan fingerprint density at radius 2 is 1.75 bits per heavy atom. The van der Waals surface area contributed by atoms with Crippen LogP contribution in [0, 0.1) is 5.41 Å². The molecule has 0 aromatic heterocycles. The van der Waals surface area contributed by atoms with Crippen molar-refractivity contribution in [3.8, 4) is 17.2 Å². The van der Waals surface area contributed by atoms with Crippen molar-refractivity contribution < 1.29 is 19.0 Å².